The molecule has 30 heavy (non-hydrogen) atoms. The standard InChI is InChI=1S/C22H20BrN3O4/c1-12(27)25-19(8-13-10-24-18-5-3-2-4-15(13)18)21(28)26-11-17(22(29)30)16-9-14(23)6-7-20(16)26/h2-7,9-10,17,19,24H,8,11H2,1H3,(H,25,27)(H,29,30). The van der Waals surface area contributed by atoms with E-state index >= 15 is 0 Å². The minimum absolute atomic E-state index is 0.0317. The van der Waals surface area contributed by atoms with Gasteiger partial charge < -0.3 is 20.3 Å². The maximum absolute atomic E-state index is 13.5. The van der Waals surface area contributed by atoms with Gasteiger partial charge in [-0.3, -0.25) is 14.4 Å². The van der Waals surface area contributed by atoms with Crippen LogP contribution in [-0.2, 0) is 20.8 Å². The van der Waals surface area contributed by atoms with Gasteiger partial charge in [0.2, 0.25) is 11.8 Å². The number of anilines is 1. The molecule has 0 saturated carbocycles. The largest absolute Gasteiger partial charge is 0.481 e. The second kappa shape index (κ2) is 7.95. The Labute approximate surface area is 181 Å². The highest BCUT2D eigenvalue weighted by atomic mass is 79.9. The molecule has 1 aliphatic rings. The molecular weight excluding hydrogens is 450 g/mol. The van der Waals surface area contributed by atoms with E-state index in [4.69, 9.17) is 0 Å². The van der Waals surface area contributed by atoms with Crippen molar-refractivity contribution in [1.29, 1.82) is 0 Å². The number of amides is 2. The number of para-hydroxylation sites is 1. The minimum Gasteiger partial charge on any atom is -0.481 e. The molecule has 2 unspecified atom stereocenters. The first-order valence-corrected chi connectivity index (χ1v) is 10.3. The Kier molecular flexibility index (Phi) is 5.34. The summed E-state index contributed by atoms with van der Waals surface area (Å²) in [4.78, 5) is 41.7. The summed E-state index contributed by atoms with van der Waals surface area (Å²) in [6.07, 6.45) is 2.13. The van der Waals surface area contributed by atoms with Crippen molar-refractivity contribution in [3.8, 4) is 0 Å². The summed E-state index contributed by atoms with van der Waals surface area (Å²) in [6, 6.07) is 12.2. The average molecular weight is 470 g/mol. The molecular formula is C22H20BrN3O4. The number of nitrogens with one attached hydrogen (secondary N) is 2. The Bertz CT molecular complexity index is 1160. The summed E-state index contributed by atoms with van der Waals surface area (Å²) < 4.78 is 0.749. The van der Waals surface area contributed by atoms with Crippen LogP contribution in [0.25, 0.3) is 10.9 Å². The first-order valence-electron chi connectivity index (χ1n) is 9.51. The molecule has 3 aromatic rings. The van der Waals surface area contributed by atoms with Gasteiger partial charge in [0.15, 0.2) is 0 Å². The molecule has 2 atom stereocenters. The number of carbonyl (C=O) groups excluding carboxylic acids is 2. The summed E-state index contributed by atoms with van der Waals surface area (Å²) in [7, 11) is 0. The zero-order chi connectivity index (χ0) is 21.4. The Morgan fingerprint density at radius 1 is 1.27 bits per heavy atom. The fraction of sp³-hybridized carbons (Fsp3) is 0.227. The van der Waals surface area contributed by atoms with Gasteiger partial charge in [-0.25, -0.2) is 0 Å². The molecule has 8 heteroatoms. The molecule has 0 bridgehead atoms. The zero-order valence-corrected chi connectivity index (χ0v) is 17.8. The maximum Gasteiger partial charge on any atom is 0.312 e. The molecule has 0 spiro atoms. The Morgan fingerprint density at radius 2 is 2.03 bits per heavy atom. The third-order valence-electron chi connectivity index (χ3n) is 5.36. The third kappa shape index (κ3) is 3.70. The van der Waals surface area contributed by atoms with Crippen molar-refractivity contribution in [2.45, 2.75) is 25.3 Å². The number of carboxylic acid groups (broad SMARTS) is 1. The Balaban J connectivity index is 1.67. The molecule has 0 saturated heterocycles. The summed E-state index contributed by atoms with van der Waals surface area (Å²) >= 11 is 3.37. The molecule has 154 valence electrons. The molecule has 3 N–H and O–H groups in total. The van der Waals surface area contributed by atoms with Crippen molar-refractivity contribution in [3.05, 3.63) is 64.3 Å². The Hall–Kier alpha value is -3.13. The van der Waals surface area contributed by atoms with Crippen molar-refractivity contribution in [3.63, 3.8) is 0 Å². The van der Waals surface area contributed by atoms with Gasteiger partial charge in [0.1, 0.15) is 12.0 Å². The number of nitrogens with zero attached hydrogens (tertiary/aromatic N) is 1. The zero-order valence-electron chi connectivity index (χ0n) is 16.2. The fourth-order valence-corrected chi connectivity index (χ4v) is 4.38. The van der Waals surface area contributed by atoms with Gasteiger partial charge in [-0.1, -0.05) is 34.1 Å². The van der Waals surface area contributed by atoms with E-state index in [1.165, 1.54) is 11.8 Å². The highest BCUT2D eigenvalue weighted by molar-refractivity contribution is 9.10. The smallest absolute Gasteiger partial charge is 0.312 e. The van der Waals surface area contributed by atoms with Crippen LogP contribution in [0, 0.1) is 0 Å². The number of benzene rings is 2. The molecule has 2 aromatic carbocycles. The molecule has 0 aliphatic carbocycles. The summed E-state index contributed by atoms with van der Waals surface area (Å²) in [5, 5.41) is 13.4. The van der Waals surface area contributed by atoms with Crippen molar-refractivity contribution in [1.82, 2.24) is 10.3 Å². The van der Waals surface area contributed by atoms with Crippen LogP contribution in [0.1, 0.15) is 24.0 Å². The lowest BCUT2D eigenvalue weighted by Crippen LogP contribution is -2.49. The number of hydrogen-bond acceptors (Lipinski definition) is 3. The van der Waals surface area contributed by atoms with Gasteiger partial charge in [-0.05, 0) is 35.4 Å². The summed E-state index contributed by atoms with van der Waals surface area (Å²) in [5.41, 5.74) is 3.00. The second-order valence-corrected chi connectivity index (χ2v) is 8.28. The lowest BCUT2D eigenvalue weighted by molar-refractivity contribution is -0.138. The van der Waals surface area contributed by atoms with Crippen LogP contribution in [0.15, 0.2) is 53.1 Å². The van der Waals surface area contributed by atoms with E-state index < -0.39 is 17.9 Å². The van der Waals surface area contributed by atoms with E-state index in [-0.39, 0.29) is 18.4 Å². The fourth-order valence-electron chi connectivity index (χ4n) is 4.00. The maximum atomic E-state index is 13.5. The number of aliphatic carboxylic acids is 1. The van der Waals surface area contributed by atoms with Crippen LogP contribution in [0.4, 0.5) is 5.69 Å². The van der Waals surface area contributed by atoms with Crippen LogP contribution in [0.2, 0.25) is 0 Å². The molecule has 2 amide bonds. The highest BCUT2D eigenvalue weighted by Crippen LogP contribution is 2.38. The second-order valence-electron chi connectivity index (χ2n) is 7.36. The predicted octanol–water partition coefficient (Wildman–Crippen LogP) is 3.19. The lowest BCUT2D eigenvalue weighted by Gasteiger charge is -2.24. The predicted molar refractivity (Wildman–Crippen MR) is 116 cm³/mol. The van der Waals surface area contributed by atoms with Crippen molar-refractivity contribution in [2.24, 2.45) is 0 Å². The van der Waals surface area contributed by atoms with E-state index in [0.717, 1.165) is 20.9 Å². The van der Waals surface area contributed by atoms with Crippen molar-refractivity contribution < 1.29 is 19.5 Å². The van der Waals surface area contributed by atoms with Crippen LogP contribution in [0.3, 0.4) is 0 Å². The molecule has 0 radical (unpaired) electrons. The van der Waals surface area contributed by atoms with E-state index in [1.807, 2.05) is 30.5 Å². The van der Waals surface area contributed by atoms with Gasteiger partial charge in [0.05, 0.1) is 0 Å². The quantitative estimate of drug-likeness (QED) is 0.533. The molecule has 1 aromatic heterocycles. The number of halogens is 1. The van der Waals surface area contributed by atoms with Gasteiger partial charge in [0.25, 0.3) is 0 Å². The topological polar surface area (TPSA) is 103 Å². The molecule has 0 fully saturated rings. The lowest BCUT2D eigenvalue weighted by atomic mass is 10.0. The first kappa shape index (κ1) is 20.2. The number of hydrogen-bond donors (Lipinski definition) is 3. The number of aromatic amines is 1. The van der Waals surface area contributed by atoms with E-state index in [2.05, 4.69) is 26.2 Å². The molecule has 4 rings (SSSR count). The summed E-state index contributed by atoms with van der Waals surface area (Å²) in [5.74, 6) is -2.45. The normalized spacial score (nSPS) is 16.3. The van der Waals surface area contributed by atoms with E-state index in [0.29, 0.717) is 17.7 Å². The van der Waals surface area contributed by atoms with E-state index in [1.54, 1.807) is 18.2 Å². The monoisotopic (exact) mass is 469 g/mol. The van der Waals surface area contributed by atoms with Crippen LogP contribution in [0.5, 0.6) is 0 Å². The minimum atomic E-state index is -0.989. The van der Waals surface area contributed by atoms with Gasteiger partial charge in [-0.15, -0.1) is 0 Å². The number of H-pyrrole nitrogens is 1. The van der Waals surface area contributed by atoms with Crippen LogP contribution >= 0.6 is 15.9 Å². The van der Waals surface area contributed by atoms with Gasteiger partial charge >= 0.3 is 5.97 Å². The highest BCUT2D eigenvalue weighted by Gasteiger charge is 2.39. The number of fused-ring (bicyclic) bond motifs is 2. The van der Waals surface area contributed by atoms with Crippen LogP contribution < -0.4 is 10.2 Å². The molecule has 2 heterocycles. The molecule has 1 aliphatic heterocycles. The van der Waals surface area contributed by atoms with Gasteiger partial charge in [-0.2, -0.15) is 0 Å². The number of carbonyl (C=O) groups is 3. The summed E-state index contributed by atoms with van der Waals surface area (Å²) in [6.45, 7) is 1.40. The number of rotatable bonds is 5. The molecule has 7 nitrogen and oxygen atoms in total. The number of aromatic nitrogens is 1. The van der Waals surface area contributed by atoms with Crippen molar-refractivity contribution >= 4 is 50.3 Å². The third-order valence-corrected chi connectivity index (χ3v) is 5.85. The Morgan fingerprint density at radius 3 is 2.77 bits per heavy atom. The first-order chi connectivity index (χ1) is 14.3. The van der Waals surface area contributed by atoms with Crippen molar-refractivity contribution in [2.75, 3.05) is 11.4 Å². The van der Waals surface area contributed by atoms with Crippen LogP contribution in [-0.4, -0.2) is 40.5 Å². The average Bonchev–Trinajstić information content (AvgIpc) is 3.28. The SMILES string of the molecule is CC(=O)NC(Cc1c[nH]c2ccccc12)C(=O)N1CC(C(=O)O)c2cc(Br)ccc21. The van der Waals surface area contributed by atoms with Gasteiger partial charge in [0, 0.05) is 47.1 Å². The number of carboxylic acids is 1. The van der Waals surface area contributed by atoms with E-state index in [9.17, 15) is 19.5 Å².